The van der Waals surface area contributed by atoms with E-state index < -0.39 is 0 Å². The van der Waals surface area contributed by atoms with Crippen LogP contribution in [0.2, 0.25) is 0 Å². The molecule has 1 aliphatic rings. The first-order valence-electron chi connectivity index (χ1n) is 13.0. The van der Waals surface area contributed by atoms with E-state index in [1.54, 1.807) is 24.3 Å². The van der Waals surface area contributed by atoms with Crippen molar-refractivity contribution in [2.45, 2.75) is 39.2 Å². The van der Waals surface area contributed by atoms with Gasteiger partial charge in [-0.15, -0.1) is 24.8 Å². The Bertz CT molecular complexity index is 1310. The second-order valence-electron chi connectivity index (χ2n) is 9.68. The Kier molecular flexibility index (Phi) is 13.3. The second-order valence-corrected chi connectivity index (χ2v) is 9.68. The number of nitrogens with zero attached hydrogens (tertiary/aromatic N) is 3. The number of ether oxygens (including phenoxy) is 1. The van der Waals surface area contributed by atoms with Crippen LogP contribution in [0.1, 0.15) is 41.6 Å². The molecule has 8 heteroatoms. The number of nitriles is 1. The molecule has 0 spiro atoms. The van der Waals surface area contributed by atoms with Crippen molar-refractivity contribution in [1.29, 1.82) is 5.26 Å². The van der Waals surface area contributed by atoms with Gasteiger partial charge in [0, 0.05) is 17.5 Å². The number of fused-ring (bicyclic) bond motifs is 1. The van der Waals surface area contributed by atoms with Crippen LogP contribution in [-0.4, -0.2) is 37.2 Å². The summed E-state index contributed by atoms with van der Waals surface area (Å²) in [5, 5.41) is 17.2. The molecule has 6 nitrogen and oxygen atoms in total. The molecule has 1 aromatic heterocycles. The largest absolute Gasteiger partial charge is 0.457 e. The number of aromatic nitrogens is 1. The summed E-state index contributed by atoms with van der Waals surface area (Å²) in [4.78, 5) is 2.57. The van der Waals surface area contributed by atoms with Gasteiger partial charge in [0.2, 0.25) is 0 Å². The molecule has 0 unspecified atom stereocenters. The lowest BCUT2D eigenvalue weighted by atomic mass is 9.91. The molecule has 1 saturated heterocycles. The molecular formula is C31H38Cl2N4O2. The Morgan fingerprint density at radius 2 is 1.67 bits per heavy atom. The summed E-state index contributed by atoms with van der Waals surface area (Å²) in [6.45, 7) is 5.37. The predicted octanol–water partition coefficient (Wildman–Crippen LogP) is 7.32. The van der Waals surface area contributed by atoms with Gasteiger partial charge in [-0.1, -0.05) is 35.5 Å². The first-order chi connectivity index (χ1) is 18.1. The number of nitrogens with one attached hydrogen (secondary N) is 1. The Hall–Kier alpha value is -3.08. The minimum absolute atomic E-state index is 0. The number of aryl methyl sites for hydroxylation is 2. The minimum Gasteiger partial charge on any atom is -0.457 e. The highest BCUT2D eigenvalue weighted by molar-refractivity contribution is 5.86. The summed E-state index contributed by atoms with van der Waals surface area (Å²) in [6.07, 6.45) is 4.56. The van der Waals surface area contributed by atoms with E-state index in [4.69, 9.17) is 14.5 Å². The van der Waals surface area contributed by atoms with Gasteiger partial charge in [0.1, 0.15) is 11.5 Å². The summed E-state index contributed by atoms with van der Waals surface area (Å²) in [6, 6.07) is 24.0. The van der Waals surface area contributed by atoms with Crippen molar-refractivity contribution < 1.29 is 9.26 Å². The Morgan fingerprint density at radius 1 is 1.00 bits per heavy atom. The molecule has 0 aliphatic carbocycles. The summed E-state index contributed by atoms with van der Waals surface area (Å²) in [5.41, 5.74) is 4.78. The zero-order valence-electron chi connectivity index (χ0n) is 22.9. The second kappa shape index (κ2) is 16.1. The van der Waals surface area contributed by atoms with Crippen LogP contribution in [0.5, 0.6) is 11.5 Å². The van der Waals surface area contributed by atoms with Gasteiger partial charge in [-0.05, 0) is 108 Å². The lowest BCUT2D eigenvalue weighted by Crippen LogP contribution is -2.33. The lowest BCUT2D eigenvalue weighted by Gasteiger charge is -2.31. The predicted molar refractivity (Wildman–Crippen MR) is 162 cm³/mol. The molecular weight excluding hydrogens is 531 g/mol. The SMILES string of the molecule is CNC.Cc1c(Oc2ccc(C#N)cc2)ccc2c(CCC3CCN(Cc4ccccc4)CC3)noc12.Cl.Cl. The van der Waals surface area contributed by atoms with Gasteiger partial charge in [0.15, 0.2) is 5.58 Å². The van der Waals surface area contributed by atoms with Gasteiger partial charge in [-0.3, -0.25) is 4.90 Å². The van der Waals surface area contributed by atoms with Crippen LogP contribution in [0.25, 0.3) is 11.0 Å². The number of benzene rings is 3. The van der Waals surface area contributed by atoms with Gasteiger partial charge < -0.3 is 14.6 Å². The molecule has 0 radical (unpaired) electrons. The summed E-state index contributed by atoms with van der Waals surface area (Å²) in [7, 11) is 3.75. The molecule has 208 valence electrons. The Morgan fingerprint density at radius 3 is 2.31 bits per heavy atom. The molecule has 1 aliphatic heterocycles. The van der Waals surface area contributed by atoms with Crippen molar-refractivity contribution in [3.63, 3.8) is 0 Å². The maximum atomic E-state index is 8.96. The minimum atomic E-state index is 0. The number of hydrogen-bond acceptors (Lipinski definition) is 6. The van der Waals surface area contributed by atoms with Crippen molar-refractivity contribution in [1.82, 2.24) is 15.4 Å². The molecule has 39 heavy (non-hydrogen) atoms. The molecule has 5 rings (SSSR count). The molecule has 0 bridgehead atoms. The van der Waals surface area contributed by atoms with Crippen LogP contribution in [0, 0.1) is 24.2 Å². The van der Waals surface area contributed by atoms with Crippen LogP contribution >= 0.6 is 24.8 Å². The fourth-order valence-corrected chi connectivity index (χ4v) is 4.80. The topological polar surface area (TPSA) is 74.3 Å². The third-order valence-electron chi connectivity index (χ3n) is 6.87. The van der Waals surface area contributed by atoms with Crippen LogP contribution in [-0.2, 0) is 13.0 Å². The molecule has 3 aromatic carbocycles. The number of rotatable bonds is 7. The normalized spacial score (nSPS) is 13.4. The molecule has 0 saturated carbocycles. The van der Waals surface area contributed by atoms with Crippen molar-refractivity contribution in [2.24, 2.45) is 5.92 Å². The van der Waals surface area contributed by atoms with E-state index in [9.17, 15) is 0 Å². The van der Waals surface area contributed by atoms with Crippen LogP contribution < -0.4 is 10.1 Å². The van der Waals surface area contributed by atoms with E-state index in [0.29, 0.717) is 11.3 Å². The summed E-state index contributed by atoms with van der Waals surface area (Å²) in [5.74, 6) is 2.17. The van der Waals surface area contributed by atoms with E-state index >= 15 is 0 Å². The average molecular weight is 570 g/mol. The first kappa shape index (κ1) is 32.1. The smallest absolute Gasteiger partial charge is 0.173 e. The highest BCUT2D eigenvalue weighted by atomic mass is 35.5. The van der Waals surface area contributed by atoms with Crippen LogP contribution in [0.4, 0.5) is 0 Å². The molecule has 1 fully saturated rings. The van der Waals surface area contributed by atoms with E-state index in [2.05, 4.69) is 57.8 Å². The zero-order chi connectivity index (χ0) is 26.0. The third kappa shape index (κ3) is 8.71. The van der Waals surface area contributed by atoms with Crippen molar-refractivity contribution in [3.8, 4) is 17.6 Å². The van der Waals surface area contributed by atoms with Gasteiger partial charge in [-0.2, -0.15) is 5.26 Å². The highest BCUT2D eigenvalue weighted by Gasteiger charge is 2.21. The van der Waals surface area contributed by atoms with Crippen LogP contribution in [0.3, 0.4) is 0 Å². The Balaban J connectivity index is 0.00000102. The van der Waals surface area contributed by atoms with Gasteiger partial charge >= 0.3 is 0 Å². The van der Waals surface area contributed by atoms with E-state index in [1.807, 2.05) is 27.1 Å². The van der Waals surface area contributed by atoms with Crippen molar-refractivity contribution >= 4 is 35.8 Å². The first-order valence-corrected chi connectivity index (χ1v) is 13.0. The molecule has 2 heterocycles. The zero-order valence-corrected chi connectivity index (χ0v) is 24.5. The van der Waals surface area contributed by atoms with Gasteiger partial charge in [-0.25, -0.2) is 0 Å². The van der Waals surface area contributed by atoms with Crippen molar-refractivity contribution in [3.05, 3.63) is 89.1 Å². The van der Waals surface area contributed by atoms with Crippen LogP contribution in [0.15, 0.2) is 71.3 Å². The maximum absolute atomic E-state index is 8.96. The van der Waals surface area contributed by atoms with E-state index in [1.165, 1.54) is 18.4 Å². The van der Waals surface area contributed by atoms with E-state index in [-0.39, 0.29) is 24.8 Å². The molecule has 4 aromatic rings. The lowest BCUT2D eigenvalue weighted by molar-refractivity contribution is 0.172. The highest BCUT2D eigenvalue weighted by Crippen LogP contribution is 2.33. The summed E-state index contributed by atoms with van der Waals surface area (Å²) < 4.78 is 11.8. The Labute approximate surface area is 244 Å². The van der Waals surface area contributed by atoms with E-state index in [0.717, 1.165) is 66.4 Å². The molecule has 0 amide bonds. The monoisotopic (exact) mass is 568 g/mol. The number of piperidine rings is 1. The van der Waals surface area contributed by atoms with Gasteiger partial charge in [0.25, 0.3) is 0 Å². The number of hydrogen-bond donors (Lipinski definition) is 1. The quantitative estimate of drug-likeness (QED) is 0.251. The number of halogens is 2. The fourth-order valence-electron chi connectivity index (χ4n) is 4.80. The standard InChI is InChI=1S/C29H29N3O2.C2H7N.2ClH/c1-21-28(33-25-10-7-23(19-30)8-11-25)14-12-26-27(31-34-29(21)26)13-9-22-15-17-32(18-16-22)20-24-5-3-2-4-6-24;1-3-2;;/h2-8,10-12,14,22H,9,13,15-18,20H2,1H3;3H,1-2H3;2*1H. The van der Waals surface area contributed by atoms with Crippen molar-refractivity contribution in [2.75, 3.05) is 27.2 Å². The number of likely N-dealkylation sites (tertiary alicyclic amines) is 1. The summed E-state index contributed by atoms with van der Waals surface area (Å²) >= 11 is 0. The third-order valence-corrected chi connectivity index (χ3v) is 6.87. The molecule has 1 N–H and O–H groups in total. The average Bonchev–Trinajstić information content (AvgIpc) is 3.35. The molecule has 0 atom stereocenters. The van der Waals surface area contributed by atoms with Gasteiger partial charge in [0.05, 0.1) is 17.3 Å². The maximum Gasteiger partial charge on any atom is 0.173 e. The fraction of sp³-hybridized carbons (Fsp3) is 0.355.